The van der Waals surface area contributed by atoms with E-state index in [0.717, 1.165) is 37.2 Å². The van der Waals surface area contributed by atoms with Gasteiger partial charge in [-0.25, -0.2) is 0 Å². The van der Waals surface area contributed by atoms with Crippen molar-refractivity contribution in [2.45, 2.75) is 26.2 Å². The SMILES string of the molecule is CCCc1ccccc1NC(=O)c1ccc2c(c1)NCC2. The smallest absolute Gasteiger partial charge is 0.255 e. The Labute approximate surface area is 125 Å². The highest BCUT2D eigenvalue weighted by Gasteiger charge is 2.14. The van der Waals surface area contributed by atoms with E-state index in [4.69, 9.17) is 0 Å². The summed E-state index contributed by atoms with van der Waals surface area (Å²) in [7, 11) is 0. The summed E-state index contributed by atoms with van der Waals surface area (Å²) in [5.41, 5.74) is 5.18. The summed E-state index contributed by atoms with van der Waals surface area (Å²) >= 11 is 0. The summed E-state index contributed by atoms with van der Waals surface area (Å²) in [6, 6.07) is 13.9. The molecular weight excluding hydrogens is 260 g/mol. The van der Waals surface area contributed by atoms with E-state index in [1.54, 1.807) is 0 Å². The molecule has 1 aliphatic rings. The van der Waals surface area contributed by atoms with Gasteiger partial charge >= 0.3 is 0 Å². The van der Waals surface area contributed by atoms with Gasteiger partial charge in [0.25, 0.3) is 5.91 Å². The summed E-state index contributed by atoms with van der Waals surface area (Å²) in [5.74, 6) is -0.0462. The van der Waals surface area contributed by atoms with E-state index in [0.29, 0.717) is 5.56 Å². The number of hydrogen-bond donors (Lipinski definition) is 2. The lowest BCUT2D eigenvalue weighted by Crippen LogP contribution is -2.13. The maximum Gasteiger partial charge on any atom is 0.255 e. The van der Waals surface area contributed by atoms with Crippen molar-refractivity contribution in [3.63, 3.8) is 0 Å². The molecule has 0 aromatic heterocycles. The molecule has 2 N–H and O–H groups in total. The van der Waals surface area contributed by atoms with Gasteiger partial charge < -0.3 is 10.6 Å². The molecule has 1 heterocycles. The largest absolute Gasteiger partial charge is 0.384 e. The number of carbonyl (C=O) groups is 1. The van der Waals surface area contributed by atoms with Crippen LogP contribution in [-0.4, -0.2) is 12.5 Å². The molecule has 0 saturated heterocycles. The molecule has 0 bridgehead atoms. The lowest BCUT2D eigenvalue weighted by atomic mass is 10.1. The van der Waals surface area contributed by atoms with Gasteiger partial charge in [0, 0.05) is 23.5 Å². The second-order valence-electron chi connectivity index (χ2n) is 5.41. The van der Waals surface area contributed by atoms with Gasteiger partial charge in [0.2, 0.25) is 0 Å². The zero-order valence-corrected chi connectivity index (χ0v) is 12.3. The van der Waals surface area contributed by atoms with Crippen LogP contribution in [0.15, 0.2) is 42.5 Å². The Morgan fingerprint density at radius 2 is 2.10 bits per heavy atom. The quantitative estimate of drug-likeness (QED) is 0.893. The highest BCUT2D eigenvalue weighted by molar-refractivity contribution is 6.05. The second-order valence-corrected chi connectivity index (χ2v) is 5.41. The number of para-hydroxylation sites is 1. The lowest BCUT2D eigenvalue weighted by Gasteiger charge is -2.11. The summed E-state index contributed by atoms with van der Waals surface area (Å²) in [6.45, 7) is 3.10. The Balaban J connectivity index is 1.80. The van der Waals surface area contributed by atoms with Gasteiger partial charge in [0.1, 0.15) is 0 Å². The predicted octanol–water partition coefficient (Wildman–Crippen LogP) is 3.86. The first-order valence-electron chi connectivity index (χ1n) is 7.54. The average Bonchev–Trinajstić information content (AvgIpc) is 2.97. The van der Waals surface area contributed by atoms with E-state index in [2.05, 4.69) is 23.6 Å². The van der Waals surface area contributed by atoms with E-state index < -0.39 is 0 Å². The van der Waals surface area contributed by atoms with Crippen LogP contribution in [0.5, 0.6) is 0 Å². The van der Waals surface area contributed by atoms with Crippen molar-refractivity contribution in [1.29, 1.82) is 0 Å². The molecule has 0 unspecified atom stereocenters. The maximum absolute atomic E-state index is 12.4. The molecule has 0 saturated carbocycles. The highest BCUT2D eigenvalue weighted by atomic mass is 16.1. The number of benzene rings is 2. The molecule has 0 aliphatic carbocycles. The van der Waals surface area contributed by atoms with E-state index >= 15 is 0 Å². The van der Waals surface area contributed by atoms with Crippen LogP contribution >= 0.6 is 0 Å². The molecule has 0 radical (unpaired) electrons. The molecular formula is C18H20N2O. The molecule has 21 heavy (non-hydrogen) atoms. The van der Waals surface area contributed by atoms with E-state index in [9.17, 15) is 4.79 Å². The molecule has 108 valence electrons. The Hall–Kier alpha value is -2.29. The summed E-state index contributed by atoms with van der Waals surface area (Å²) in [4.78, 5) is 12.4. The van der Waals surface area contributed by atoms with E-state index in [-0.39, 0.29) is 5.91 Å². The van der Waals surface area contributed by atoms with Gasteiger partial charge in [-0.3, -0.25) is 4.79 Å². The fraction of sp³-hybridized carbons (Fsp3) is 0.278. The van der Waals surface area contributed by atoms with Crippen molar-refractivity contribution in [2.75, 3.05) is 17.2 Å². The van der Waals surface area contributed by atoms with Crippen LogP contribution in [0.25, 0.3) is 0 Å². The Bertz CT molecular complexity index is 664. The van der Waals surface area contributed by atoms with E-state index in [1.165, 1.54) is 11.1 Å². The van der Waals surface area contributed by atoms with Gasteiger partial charge in [-0.2, -0.15) is 0 Å². The zero-order valence-electron chi connectivity index (χ0n) is 12.3. The summed E-state index contributed by atoms with van der Waals surface area (Å²) in [6.07, 6.45) is 3.08. The van der Waals surface area contributed by atoms with Crippen molar-refractivity contribution < 1.29 is 4.79 Å². The first-order chi connectivity index (χ1) is 10.3. The van der Waals surface area contributed by atoms with E-state index in [1.807, 2.05) is 36.4 Å². The second kappa shape index (κ2) is 6.00. The number of rotatable bonds is 4. The van der Waals surface area contributed by atoms with Crippen LogP contribution in [-0.2, 0) is 12.8 Å². The average molecular weight is 280 g/mol. The molecule has 0 atom stereocenters. The van der Waals surface area contributed by atoms with Gasteiger partial charge in [-0.15, -0.1) is 0 Å². The van der Waals surface area contributed by atoms with Gasteiger partial charge in [-0.05, 0) is 42.2 Å². The predicted molar refractivity (Wildman–Crippen MR) is 87.0 cm³/mol. The number of fused-ring (bicyclic) bond motifs is 1. The standard InChI is InChI=1S/C18H20N2O/c1-2-5-13-6-3-4-7-16(13)20-18(21)15-9-8-14-10-11-19-17(14)12-15/h3-4,6-9,12,19H,2,5,10-11H2,1H3,(H,20,21). The maximum atomic E-state index is 12.4. The molecule has 1 aliphatic heterocycles. The van der Waals surface area contributed by atoms with Gasteiger partial charge in [0.15, 0.2) is 0 Å². The molecule has 1 amide bonds. The van der Waals surface area contributed by atoms with Crippen LogP contribution in [0.4, 0.5) is 11.4 Å². The number of carbonyl (C=O) groups excluding carboxylic acids is 1. The third-order valence-electron chi connectivity index (χ3n) is 3.87. The Kier molecular flexibility index (Phi) is 3.91. The number of anilines is 2. The monoisotopic (exact) mass is 280 g/mol. The number of aryl methyl sites for hydroxylation is 1. The summed E-state index contributed by atoms with van der Waals surface area (Å²) < 4.78 is 0. The van der Waals surface area contributed by atoms with Crippen molar-refractivity contribution in [1.82, 2.24) is 0 Å². The van der Waals surface area contributed by atoms with Crippen LogP contribution in [0.1, 0.15) is 34.8 Å². The minimum absolute atomic E-state index is 0.0462. The lowest BCUT2D eigenvalue weighted by molar-refractivity contribution is 0.102. The normalized spacial score (nSPS) is 12.6. The third-order valence-corrected chi connectivity index (χ3v) is 3.87. The fourth-order valence-corrected chi connectivity index (χ4v) is 2.76. The molecule has 2 aromatic rings. The van der Waals surface area contributed by atoms with Crippen molar-refractivity contribution in [2.24, 2.45) is 0 Å². The van der Waals surface area contributed by atoms with Gasteiger partial charge in [-0.1, -0.05) is 37.6 Å². The third kappa shape index (κ3) is 2.92. The van der Waals surface area contributed by atoms with Crippen LogP contribution < -0.4 is 10.6 Å². The Morgan fingerprint density at radius 1 is 1.24 bits per heavy atom. The van der Waals surface area contributed by atoms with Crippen molar-refractivity contribution >= 4 is 17.3 Å². The van der Waals surface area contributed by atoms with Crippen LogP contribution in [0, 0.1) is 0 Å². The fourth-order valence-electron chi connectivity index (χ4n) is 2.76. The first kappa shape index (κ1) is 13.7. The minimum Gasteiger partial charge on any atom is -0.384 e. The number of nitrogens with one attached hydrogen (secondary N) is 2. The molecule has 0 spiro atoms. The topological polar surface area (TPSA) is 41.1 Å². The highest BCUT2D eigenvalue weighted by Crippen LogP contribution is 2.24. The zero-order chi connectivity index (χ0) is 14.7. The summed E-state index contributed by atoms with van der Waals surface area (Å²) in [5, 5.41) is 6.35. The molecule has 0 fully saturated rings. The van der Waals surface area contributed by atoms with Crippen LogP contribution in [0.3, 0.4) is 0 Å². The minimum atomic E-state index is -0.0462. The van der Waals surface area contributed by atoms with Crippen molar-refractivity contribution in [3.05, 3.63) is 59.2 Å². The van der Waals surface area contributed by atoms with Crippen LogP contribution in [0.2, 0.25) is 0 Å². The van der Waals surface area contributed by atoms with Crippen molar-refractivity contribution in [3.8, 4) is 0 Å². The molecule has 3 nitrogen and oxygen atoms in total. The first-order valence-corrected chi connectivity index (χ1v) is 7.54. The number of hydrogen-bond acceptors (Lipinski definition) is 2. The molecule has 2 aromatic carbocycles. The number of amides is 1. The molecule has 3 heteroatoms. The Morgan fingerprint density at radius 3 is 2.95 bits per heavy atom. The molecule has 3 rings (SSSR count). The van der Waals surface area contributed by atoms with Gasteiger partial charge in [0.05, 0.1) is 0 Å².